The van der Waals surface area contributed by atoms with Gasteiger partial charge in [0.05, 0.1) is 11.4 Å². The summed E-state index contributed by atoms with van der Waals surface area (Å²) in [7, 11) is 0. The molecule has 3 heterocycles. The summed E-state index contributed by atoms with van der Waals surface area (Å²) in [5.41, 5.74) is 3.39. The van der Waals surface area contributed by atoms with Crippen LogP contribution in [0.1, 0.15) is 39.3 Å². The first-order valence-electron chi connectivity index (χ1n) is 8.89. The molecule has 3 rings (SSSR count). The number of rotatable bonds is 6. The number of aromatic nitrogens is 3. The van der Waals surface area contributed by atoms with Crippen molar-refractivity contribution in [3.63, 3.8) is 0 Å². The summed E-state index contributed by atoms with van der Waals surface area (Å²) in [4.78, 5) is 7.49. The van der Waals surface area contributed by atoms with Crippen LogP contribution in [0.2, 0.25) is 0 Å². The van der Waals surface area contributed by atoms with E-state index < -0.39 is 0 Å². The maximum absolute atomic E-state index is 4.91. The van der Waals surface area contributed by atoms with E-state index in [1.807, 2.05) is 6.20 Å². The average molecular weight is 312 g/mol. The normalized spacial score (nSPS) is 18.9. The van der Waals surface area contributed by atoms with Gasteiger partial charge >= 0.3 is 0 Å². The second kappa shape index (κ2) is 7.26. The molecular weight excluding hydrogens is 284 g/mol. The Morgan fingerprint density at radius 1 is 1.26 bits per heavy atom. The van der Waals surface area contributed by atoms with Gasteiger partial charge in [-0.3, -0.25) is 9.67 Å². The molecule has 1 atom stereocenters. The molecule has 0 radical (unpaired) electrons. The smallest absolute Gasteiger partial charge is 0.0886 e. The van der Waals surface area contributed by atoms with Crippen LogP contribution in [-0.4, -0.2) is 38.8 Å². The molecule has 23 heavy (non-hydrogen) atoms. The Labute approximate surface area is 139 Å². The number of hydrogen-bond acceptors (Lipinski definition) is 3. The zero-order valence-electron chi connectivity index (χ0n) is 14.6. The largest absolute Gasteiger partial charge is 0.301 e. The second-order valence-corrected chi connectivity index (χ2v) is 6.90. The number of nitrogens with zero attached hydrogens (tertiary/aromatic N) is 4. The molecule has 1 aliphatic rings. The highest BCUT2D eigenvalue weighted by Gasteiger charge is 2.24. The van der Waals surface area contributed by atoms with Gasteiger partial charge in [0.2, 0.25) is 0 Å². The monoisotopic (exact) mass is 312 g/mol. The maximum atomic E-state index is 4.91. The lowest BCUT2D eigenvalue weighted by Crippen LogP contribution is -2.28. The van der Waals surface area contributed by atoms with Crippen LogP contribution in [-0.2, 0) is 13.0 Å². The summed E-state index contributed by atoms with van der Waals surface area (Å²) in [6.07, 6.45) is 5.33. The number of hydrogen-bond donors (Lipinski definition) is 0. The van der Waals surface area contributed by atoms with Crippen molar-refractivity contribution in [1.29, 1.82) is 0 Å². The van der Waals surface area contributed by atoms with E-state index in [1.54, 1.807) is 0 Å². The molecule has 0 N–H and O–H groups in total. The first-order valence-corrected chi connectivity index (χ1v) is 8.89. The van der Waals surface area contributed by atoms with E-state index in [4.69, 9.17) is 4.98 Å². The fraction of sp³-hybridized carbons (Fsp3) is 0.579. The van der Waals surface area contributed by atoms with Crippen LogP contribution in [0.25, 0.3) is 11.4 Å². The molecule has 2 aromatic heterocycles. The van der Waals surface area contributed by atoms with Crippen molar-refractivity contribution in [1.82, 2.24) is 19.7 Å². The molecular formula is C19H28N4. The minimum Gasteiger partial charge on any atom is -0.301 e. The zero-order valence-corrected chi connectivity index (χ0v) is 14.6. The topological polar surface area (TPSA) is 34.0 Å². The molecule has 0 saturated carbocycles. The first kappa shape index (κ1) is 16.2. The molecule has 0 aromatic carbocycles. The van der Waals surface area contributed by atoms with Gasteiger partial charge in [-0.25, -0.2) is 0 Å². The van der Waals surface area contributed by atoms with Crippen molar-refractivity contribution in [2.45, 2.75) is 52.6 Å². The van der Waals surface area contributed by atoms with Crippen molar-refractivity contribution in [2.75, 3.05) is 13.1 Å². The fourth-order valence-electron chi connectivity index (χ4n) is 3.47. The van der Waals surface area contributed by atoms with Crippen LogP contribution in [0.15, 0.2) is 30.5 Å². The lowest BCUT2D eigenvalue weighted by atomic mass is 10.0. The third kappa shape index (κ3) is 3.81. The van der Waals surface area contributed by atoms with Crippen molar-refractivity contribution in [3.05, 3.63) is 36.2 Å². The lowest BCUT2D eigenvalue weighted by Gasteiger charge is -2.20. The summed E-state index contributed by atoms with van der Waals surface area (Å²) in [6, 6.07) is 9.13. The first-order chi connectivity index (χ1) is 11.2. The second-order valence-electron chi connectivity index (χ2n) is 6.90. The lowest BCUT2D eigenvalue weighted by molar-refractivity contribution is 0.265. The Morgan fingerprint density at radius 3 is 2.87 bits per heavy atom. The van der Waals surface area contributed by atoms with Crippen LogP contribution < -0.4 is 0 Å². The van der Waals surface area contributed by atoms with Gasteiger partial charge in [-0.1, -0.05) is 13.0 Å². The van der Waals surface area contributed by atoms with Crippen LogP contribution in [0.5, 0.6) is 0 Å². The third-order valence-corrected chi connectivity index (χ3v) is 4.77. The summed E-state index contributed by atoms with van der Waals surface area (Å²) < 4.78 is 2.06. The van der Waals surface area contributed by atoms with E-state index in [9.17, 15) is 0 Å². The van der Waals surface area contributed by atoms with Crippen molar-refractivity contribution in [2.24, 2.45) is 5.92 Å². The number of likely N-dealkylation sites (tertiary alicyclic amines) is 1. The van der Waals surface area contributed by atoms with Crippen LogP contribution in [0.4, 0.5) is 0 Å². The van der Waals surface area contributed by atoms with Gasteiger partial charge in [0.15, 0.2) is 0 Å². The highest BCUT2D eigenvalue weighted by atomic mass is 15.3. The van der Waals surface area contributed by atoms with Gasteiger partial charge in [0.25, 0.3) is 0 Å². The molecule has 1 aliphatic heterocycles. The van der Waals surface area contributed by atoms with Crippen LogP contribution in [0.3, 0.4) is 0 Å². The van der Waals surface area contributed by atoms with Crippen molar-refractivity contribution >= 4 is 0 Å². The Kier molecular flexibility index (Phi) is 5.11. The van der Waals surface area contributed by atoms with E-state index in [0.29, 0.717) is 6.04 Å². The van der Waals surface area contributed by atoms with Gasteiger partial charge in [-0.05, 0) is 63.8 Å². The third-order valence-electron chi connectivity index (χ3n) is 4.77. The van der Waals surface area contributed by atoms with Gasteiger partial charge < -0.3 is 4.90 Å². The summed E-state index contributed by atoms with van der Waals surface area (Å²) in [6.45, 7) is 10.1. The Hall–Kier alpha value is -1.68. The SMILES string of the molecule is CCCn1nccc1-c1cccc(CC2CCN(C(C)C)C2)n1. The Bertz CT molecular complexity index is 632. The molecule has 0 aliphatic carbocycles. The van der Waals surface area contributed by atoms with Crippen molar-refractivity contribution in [3.8, 4) is 11.4 Å². The molecule has 0 spiro atoms. The number of pyridine rings is 1. The van der Waals surface area contributed by atoms with Gasteiger partial charge in [-0.2, -0.15) is 5.10 Å². The molecule has 124 valence electrons. The molecule has 1 unspecified atom stereocenters. The predicted octanol–water partition coefficient (Wildman–Crippen LogP) is 3.63. The van der Waals surface area contributed by atoms with Crippen LogP contribution in [0, 0.1) is 5.92 Å². The average Bonchev–Trinajstić information content (AvgIpc) is 3.17. The minimum atomic E-state index is 0.655. The molecule has 2 aromatic rings. The van der Waals surface area contributed by atoms with Gasteiger partial charge in [-0.15, -0.1) is 0 Å². The van der Waals surface area contributed by atoms with Crippen LogP contribution >= 0.6 is 0 Å². The molecule has 0 amide bonds. The predicted molar refractivity (Wildman–Crippen MR) is 94.3 cm³/mol. The molecule has 4 heteroatoms. The van der Waals surface area contributed by atoms with Gasteiger partial charge in [0.1, 0.15) is 0 Å². The summed E-state index contributed by atoms with van der Waals surface area (Å²) in [5.74, 6) is 0.737. The van der Waals surface area contributed by atoms with E-state index in [0.717, 1.165) is 36.7 Å². The Morgan fingerprint density at radius 2 is 2.13 bits per heavy atom. The molecule has 4 nitrogen and oxygen atoms in total. The fourth-order valence-corrected chi connectivity index (χ4v) is 3.47. The van der Waals surface area contributed by atoms with E-state index in [-0.39, 0.29) is 0 Å². The highest BCUT2D eigenvalue weighted by molar-refractivity contribution is 5.54. The molecule has 1 saturated heterocycles. The molecule has 1 fully saturated rings. The number of aryl methyl sites for hydroxylation is 1. The maximum Gasteiger partial charge on any atom is 0.0886 e. The summed E-state index contributed by atoms with van der Waals surface area (Å²) in [5, 5.41) is 4.41. The summed E-state index contributed by atoms with van der Waals surface area (Å²) >= 11 is 0. The molecule has 0 bridgehead atoms. The quantitative estimate of drug-likeness (QED) is 0.817. The zero-order chi connectivity index (χ0) is 16.2. The van der Waals surface area contributed by atoms with E-state index in [2.05, 4.69) is 59.7 Å². The minimum absolute atomic E-state index is 0.655. The Balaban J connectivity index is 1.72. The highest BCUT2D eigenvalue weighted by Crippen LogP contribution is 2.23. The van der Waals surface area contributed by atoms with E-state index in [1.165, 1.54) is 25.2 Å². The van der Waals surface area contributed by atoms with E-state index >= 15 is 0 Å². The van der Waals surface area contributed by atoms with Gasteiger partial charge in [0, 0.05) is 31.0 Å². The van der Waals surface area contributed by atoms with Crippen molar-refractivity contribution < 1.29 is 0 Å². The standard InChI is InChI=1S/C19H28N4/c1-4-11-23-19(8-10-20-23)18-7-5-6-17(21-18)13-16-9-12-22(14-16)15(2)3/h5-8,10,15-16H,4,9,11-14H2,1-3H3.